The van der Waals surface area contributed by atoms with Crippen LogP contribution >= 0.6 is 0 Å². The van der Waals surface area contributed by atoms with Gasteiger partial charge in [-0.3, -0.25) is 0 Å². The maximum Gasteiger partial charge on any atom is 0.219 e. The first-order valence-electron chi connectivity index (χ1n) is 6.33. The summed E-state index contributed by atoms with van der Waals surface area (Å²) in [5.74, 6) is 1.15. The van der Waals surface area contributed by atoms with Gasteiger partial charge < -0.3 is 9.84 Å². The summed E-state index contributed by atoms with van der Waals surface area (Å²) in [4.78, 5) is 4.46. The molecule has 0 saturated carbocycles. The van der Waals surface area contributed by atoms with Crippen LogP contribution in [0.5, 0.6) is 5.88 Å². The van der Waals surface area contributed by atoms with Crippen molar-refractivity contribution >= 4 is 10.9 Å². The first kappa shape index (κ1) is 12.8. The summed E-state index contributed by atoms with van der Waals surface area (Å²) >= 11 is 0. The van der Waals surface area contributed by atoms with Gasteiger partial charge in [0.15, 0.2) is 0 Å². The van der Waals surface area contributed by atoms with Gasteiger partial charge in [0.25, 0.3) is 0 Å². The first-order valence-corrected chi connectivity index (χ1v) is 6.33. The molecule has 3 heteroatoms. The minimum Gasteiger partial charge on any atom is -0.477 e. The third kappa shape index (κ3) is 2.99. The number of nitrogens with zero attached hydrogens (tertiary/aromatic N) is 1. The van der Waals surface area contributed by atoms with Crippen LogP contribution < -0.4 is 4.74 Å². The number of hydrogen-bond donors (Lipinski definition) is 1. The lowest BCUT2D eigenvalue weighted by Crippen LogP contribution is -2.05. The second-order valence-corrected chi connectivity index (χ2v) is 4.83. The molecule has 1 aromatic carbocycles. The number of benzene rings is 1. The first-order chi connectivity index (χ1) is 8.70. The Bertz CT molecular complexity index is 523. The Kier molecular flexibility index (Phi) is 4.15. The average molecular weight is 245 g/mol. The van der Waals surface area contributed by atoms with Crippen LogP contribution in [0, 0.1) is 5.92 Å². The lowest BCUT2D eigenvalue weighted by molar-refractivity contribution is 0.249. The smallest absolute Gasteiger partial charge is 0.219 e. The topological polar surface area (TPSA) is 42.4 Å². The number of pyridine rings is 1. The second kappa shape index (κ2) is 5.83. The van der Waals surface area contributed by atoms with E-state index in [1.807, 2.05) is 30.3 Å². The summed E-state index contributed by atoms with van der Waals surface area (Å²) in [6.45, 7) is 4.90. The van der Waals surface area contributed by atoms with E-state index in [0.717, 1.165) is 22.9 Å². The lowest BCUT2D eigenvalue weighted by Gasteiger charge is -2.11. The Morgan fingerprint density at radius 1 is 1.28 bits per heavy atom. The Balaban J connectivity index is 2.24. The second-order valence-electron chi connectivity index (χ2n) is 4.83. The fourth-order valence-electron chi connectivity index (χ4n) is 1.77. The molecule has 0 bridgehead atoms. The molecular formula is C15H19NO2. The molecule has 0 aliphatic carbocycles. The van der Waals surface area contributed by atoms with E-state index in [4.69, 9.17) is 4.74 Å². The summed E-state index contributed by atoms with van der Waals surface area (Å²) in [5, 5.41) is 10.4. The molecule has 0 spiro atoms. The van der Waals surface area contributed by atoms with Crippen LogP contribution in [0.1, 0.15) is 25.8 Å². The fraction of sp³-hybridized carbons (Fsp3) is 0.400. The van der Waals surface area contributed by atoms with Crippen molar-refractivity contribution in [3.8, 4) is 5.88 Å². The van der Waals surface area contributed by atoms with E-state index < -0.39 is 0 Å². The van der Waals surface area contributed by atoms with Crippen molar-refractivity contribution in [3.63, 3.8) is 0 Å². The molecule has 1 aromatic heterocycles. The molecule has 0 radical (unpaired) electrons. The van der Waals surface area contributed by atoms with Crippen LogP contribution in [-0.4, -0.2) is 16.7 Å². The Morgan fingerprint density at radius 3 is 2.78 bits per heavy atom. The van der Waals surface area contributed by atoms with Gasteiger partial charge in [-0.1, -0.05) is 32.0 Å². The summed E-state index contributed by atoms with van der Waals surface area (Å²) < 4.78 is 5.68. The monoisotopic (exact) mass is 245 g/mol. The number of aliphatic hydroxyl groups is 1. The van der Waals surface area contributed by atoms with Crippen molar-refractivity contribution in [1.29, 1.82) is 0 Å². The molecule has 0 saturated heterocycles. The number of aliphatic hydroxyl groups excluding tert-OH is 1. The molecule has 0 amide bonds. The van der Waals surface area contributed by atoms with Gasteiger partial charge in [0.05, 0.1) is 18.7 Å². The standard InChI is InChI=1S/C15H19NO2/c1-11(2)7-8-18-15-13(10-17)9-12-5-3-4-6-14(12)16-15/h3-6,9,11,17H,7-8,10H2,1-2H3. The maximum absolute atomic E-state index is 9.37. The summed E-state index contributed by atoms with van der Waals surface area (Å²) in [6, 6.07) is 9.79. The largest absolute Gasteiger partial charge is 0.477 e. The maximum atomic E-state index is 9.37. The number of fused-ring (bicyclic) bond motifs is 1. The van der Waals surface area contributed by atoms with Gasteiger partial charge >= 0.3 is 0 Å². The molecule has 0 atom stereocenters. The highest BCUT2D eigenvalue weighted by atomic mass is 16.5. The molecular weight excluding hydrogens is 226 g/mol. The molecule has 1 N–H and O–H groups in total. The molecule has 18 heavy (non-hydrogen) atoms. The van der Waals surface area contributed by atoms with Crippen LogP contribution in [0.25, 0.3) is 10.9 Å². The van der Waals surface area contributed by atoms with Crippen LogP contribution in [0.15, 0.2) is 30.3 Å². The predicted molar refractivity (Wildman–Crippen MR) is 72.6 cm³/mol. The Hall–Kier alpha value is -1.61. The van der Waals surface area contributed by atoms with Crippen LogP contribution in [0.3, 0.4) is 0 Å². The van der Waals surface area contributed by atoms with Gasteiger partial charge in [-0.05, 0) is 24.5 Å². The minimum absolute atomic E-state index is 0.0468. The zero-order valence-electron chi connectivity index (χ0n) is 10.9. The molecule has 1 heterocycles. The highest BCUT2D eigenvalue weighted by molar-refractivity contribution is 5.79. The van der Waals surface area contributed by atoms with E-state index in [9.17, 15) is 5.11 Å². The normalized spacial score (nSPS) is 11.1. The van der Waals surface area contributed by atoms with Crippen LogP contribution in [0.4, 0.5) is 0 Å². The molecule has 2 rings (SSSR count). The Morgan fingerprint density at radius 2 is 2.06 bits per heavy atom. The molecule has 0 fully saturated rings. The number of hydrogen-bond acceptors (Lipinski definition) is 3. The lowest BCUT2D eigenvalue weighted by atomic mass is 10.1. The van der Waals surface area contributed by atoms with Gasteiger partial charge in [-0.25, -0.2) is 4.98 Å². The molecule has 2 aromatic rings. The summed E-state index contributed by atoms with van der Waals surface area (Å²) in [5.41, 5.74) is 1.65. The highest BCUT2D eigenvalue weighted by Crippen LogP contribution is 2.22. The molecule has 3 nitrogen and oxygen atoms in total. The zero-order valence-corrected chi connectivity index (χ0v) is 10.9. The molecule has 0 aliphatic heterocycles. The van der Waals surface area contributed by atoms with E-state index in [1.54, 1.807) is 0 Å². The van der Waals surface area contributed by atoms with E-state index in [1.165, 1.54) is 0 Å². The van der Waals surface area contributed by atoms with E-state index in [0.29, 0.717) is 18.4 Å². The van der Waals surface area contributed by atoms with Crippen molar-refractivity contribution in [1.82, 2.24) is 4.98 Å². The molecule has 0 unspecified atom stereocenters. The summed E-state index contributed by atoms with van der Waals surface area (Å²) in [7, 11) is 0. The fourth-order valence-corrected chi connectivity index (χ4v) is 1.77. The SMILES string of the molecule is CC(C)CCOc1nc2ccccc2cc1CO. The average Bonchev–Trinajstić information content (AvgIpc) is 2.37. The van der Waals surface area contributed by atoms with Crippen molar-refractivity contribution in [3.05, 3.63) is 35.9 Å². The highest BCUT2D eigenvalue weighted by Gasteiger charge is 2.07. The van der Waals surface area contributed by atoms with Crippen molar-refractivity contribution < 1.29 is 9.84 Å². The molecule has 96 valence electrons. The van der Waals surface area contributed by atoms with Gasteiger partial charge in [-0.15, -0.1) is 0 Å². The van der Waals surface area contributed by atoms with Gasteiger partial charge in [-0.2, -0.15) is 0 Å². The minimum atomic E-state index is -0.0468. The van der Waals surface area contributed by atoms with E-state index in [-0.39, 0.29) is 6.61 Å². The van der Waals surface area contributed by atoms with Crippen molar-refractivity contribution in [2.75, 3.05) is 6.61 Å². The van der Waals surface area contributed by atoms with Gasteiger partial charge in [0, 0.05) is 10.9 Å². The number of rotatable bonds is 5. The molecule has 0 aliphatic rings. The van der Waals surface area contributed by atoms with E-state index >= 15 is 0 Å². The van der Waals surface area contributed by atoms with Crippen molar-refractivity contribution in [2.45, 2.75) is 26.9 Å². The van der Waals surface area contributed by atoms with Crippen LogP contribution in [-0.2, 0) is 6.61 Å². The third-order valence-corrected chi connectivity index (χ3v) is 2.87. The van der Waals surface area contributed by atoms with Gasteiger partial charge in [0.2, 0.25) is 5.88 Å². The number of aromatic nitrogens is 1. The van der Waals surface area contributed by atoms with E-state index in [2.05, 4.69) is 18.8 Å². The van der Waals surface area contributed by atoms with Crippen molar-refractivity contribution in [2.24, 2.45) is 5.92 Å². The van der Waals surface area contributed by atoms with Gasteiger partial charge in [0.1, 0.15) is 0 Å². The third-order valence-electron chi connectivity index (χ3n) is 2.87. The van der Waals surface area contributed by atoms with Crippen LogP contribution in [0.2, 0.25) is 0 Å². The number of ether oxygens (including phenoxy) is 1. The predicted octanol–water partition coefficient (Wildman–Crippen LogP) is 3.15. The quantitative estimate of drug-likeness (QED) is 0.879. The zero-order chi connectivity index (χ0) is 13.0. The summed E-state index contributed by atoms with van der Waals surface area (Å²) in [6.07, 6.45) is 0.985. The Labute approximate surface area is 107 Å². The number of para-hydroxylation sites is 1.